The normalized spacial score (nSPS) is 10.6. The van der Waals surface area contributed by atoms with Crippen molar-refractivity contribution in [3.63, 3.8) is 0 Å². The molecule has 0 aromatic carbocycles. The van der Waals surface area contributed by atoms with Crippen LogP contribution in [-0.4, -0.2) is 15.7 Å². The van der Waals surface area contributed by atoms with Crippen molar-refractivity contribution in [2.45, 2.75) is 0 Å². The fraction of sp³-hybridized carbons (Fsp3) is 0. The first-order chi connectivity index (χ1) is 6.22. The van der Waals surface area contributed by atoms with E-state index in [1.54, 1.807) is 16.7 Å². The van der Waals surface area contributed by atoms with E-state index in [2.05, 4.69) is 20.9 Å². The van der Waals surface area contributed by atoms with E-state index in [-0.39, 0.29) is 0 Å². The minimum atomic E-state index is 0.307. The van der Waals surface area contributed by atoms with Crippen LogP contribution >= 0.6 is 27.5 Å². The Kier molecular flexibility index (Phi) is 2.09. The van der Waals surface area contributed by atoms with Crippen LogP contribution in [0.1, 0.15) is 10.6 Å². The molecule has 0 saturated carbocycles. The van der Waals surface area contributed by atoms with Gasteiger partial charge >= 0.3 is 0 Å². The molecule has 0 N–H and O–H groups in total. The van der Waals surface area contributed by atoms with E-state index in [1.165, 1.54) is 0 Å². The summed E-state index contributed by atoms with van der Waals surface area (Å²) in [7, 11) is 0. The number of carbonyl (C=O) groups excluding carboxylic acids is 1. The first-order valence-electron chi connectivity index (χ1n) is 3.50. The van der Waals surface area contributed by atoms with Crippen molar-refractivity contribution in [1.82, 2.24) is 9.38 Å². The predicted octanol–water partition coefficient (Wildman–Crippen LogP) is 2.56. The second kappa shape index (κ2) is 3.12. The molecule has 0 unspecified atom stereocenters. The molecule has 2 heterocycles. The number of aromatic nitrogens is 2. The first kappa shape index (κ1) is 8.72. The first-order valence-corrected chi connectivity index (χ1v) is 4.68. The van der Waals surface area contributed by atoms with Gasteiger partial charge in [0.25, 0.3) is 0 Å². The Morgan fingerprint density at radius 3 is 3.00 bits per heavy atom. The molecule has 3 nitrogen and oxygen atoms in total. The summed E-state index contributed by atoms with van der Waals surface area (Å²) in [5, 5.41) is 0.342. The summed E-state index contributed by atoms with van der Waals surface area (Å²) in [6, 6.07) is 3.64. The summed E-state index contributed by atoms with van der Waals surface area (Å²) >= 11 is 9.10. The SMILES string of the molecule is O=Cc1nc(Cl)c2ccc(Br)cn12. The highest BCUT2D eigenvalue weighted by Gasteiger charge is 2.07. The van der Waals surface area contributed by atoms with Crippen molar-refractivity contribution in [3.05, 3.63) is 33.8 Å². The van der Waals surface area contributed by atoms with Crippen molar-refractivity contribution in [2.24, 2.45) is 0 Å². The molecule has 2 rings (SSSR count). The molecule has 66 valence electrons. The molecule has 0 amide bonds. The van der Waals surface area contributed by atoms with Crippen molar-refractivity contribution >= 4 is 39.3 Å². The smallest absolute Gasteiger partial charge is 0.186 e. The second-order valence-electron chi connectivity index (χ2n) is 2.48. The van der Waals surface area contributed by atoms with Crippen LogP contribution in [0.4, 0.5) is 0 Å². The molecule has 0 saturated heterocycles. The average Bonchev–Trinajstić information content (AvgIpc) is 2.42. The van der Waals surface area contributed by atoms with Crippen molar-refractivity contribution in [2.75, 3.05) is 0 Å². The summed E-state index contributed by atoms with van der Waals surface area (Å²) in [4.78, 5) is 14.5. The summed E-state index contributed by atoms with van der Waals surface area (Å²) in [6.45, 7) is 0. The molecule has 2 aromatic rings. The standard InChI is InChI=1S/C8H4BrClN2O/c9-5-1-2-6-8(10)11-7(4-13)12(6)3-5/h1-4H. The maximum atomic E-state index is 10.6. The maximum Gasteiger partial charge on any atom is 0.186 e. The van der Waals surface area contributed by atoms with Crippen LogP contribution in [0.15, 0.2) is 22.8 Å². The van der Waals surface area contributed by atoms with E-state index in [0.717, 1.165) is 9.99 Å². The largest absolute Gasteiger partial charge is 0.295 e. The van der Waals surface area contributed by atoms with E-state index in [4.69, 9.17) is 11.6 Å². The Bertz CT molecular complexity index is 480. The van der Waals surface area contributed by atoms with Gasteiger partial charge in [-0.3, -0.25) is 9.20 Å². The molecule has 13 heavy (non-hydrogen) atoms. The molecule has 2 aromatic heterocycles. The summed E-state index contributed by atoms with van der Waals surface area (Å²) in [5.74, 6) is 0.307. The second-order valence-corrected chi connectivity index (χ2v) is 3.75. The zero-order valence-electron chi connectivity index (χ0n) is 6.37. The molecule has 0 atom stereocenters. The summed E-state index contributed by atoms with van der Waals surface area (Å²) in [5.41, 5.74) is 0.729. The van der Waals surface area contributed by atoms with Crippen LogP contribution in [0.2, 0.25) is 5.15 Å². The molecule has 0 aliphatic rings. The summed E-state index contributed by atoms with van der Waals surface area (Å²) in [6.07, 6.45) is 2.42. The highest BCUT2D eigenvalue weighted by Crippen LogP contribution is 2.20. The predicted molar refractivity (Wildman–Crippen MR) is 53.3 cm³/mol. The number of hydrogen-bond donors (Lipinski definition) is 0. The monoisotopic (exact) mass is 258 g/mol. The maximum absolute atomic E-state index is 10.6. The Hall–Kier alpha value is -0.870. The Morgan fingerprint density at radius 2 is 2.31 bits per heavy atom. The number of aldehydes is 1. The van der Waals surface area contributed by atoms with Gasteiger partial charge in [-0.25, -0.2) is 4.98 Å². The van der Waals surface area contributed by atoms with Crippen molar-refractivity contribution in [3.8, 4) is 0 Å². The fourth-order valence-corrected chi connectivity index (χ4v) is 1.70. The van der Waals surface area contributed by atoms with E-state index in [9.17, 15) is 4.79 Å². The van der Waals surface area contributed by atoms with E-state index >= 15 is 0 Å². The van der Waals surface area contributed by atoms with Crippen LogP contribution in [0.3, 0.4) is 0 Å². The lowest BCUT2D eigenvalue weighted by Gasteiger charge is -1.95. The number of hydrogen-bond acceptors (Lipinski definition) is 2. The minimum Gasteiger partial charge on any atom is -0.295 e. The zero-order valence-corrected chi connectivity index (χ0v) is 8.71. The van der Waals surface area contributed by atoms with Gasteiger partial charge in [-0.1, -0.05) is 11.6 Å². The lowest BCUT2D eigenvalue weighted by molar-refractivity contribution is 0.111. The number of fused-ring (bicyclic) bond motifs is 1. The van der Waals surface area contributed by atoms with Crippen LogP contribution < -0.4 is 0 Å². The van der Waals surface area contributed by atoms with Crippen LogP contribution in [0.5, 0.6) is 0 Å². The van der Waals surface area contributed by atoms with Gasteiger partial charge < -0.3 is 0 Å². The average molecular weight is 259 g/mol. The molecule has 0 fully saturated rings. The van der Waals surface area contributed by atoms with Crippen molar-refractivity contribution < 1.29 is 4.79 Å². The van der Waals surface area contributed by atoms with Gasteiger partial charge in [0, 0.05) is 10.7 Å². The minimum absolute atomic E-state index is 0.307. The topological polar surface area (TPSA) is 34.4 Å². The van der Waals surface area contributed by atoms with Crippen LogP contribution in [0, 0.1) is 0 Å². The van der Waals surface area contributed by atoms with Crippen LogP contribution in [-0.2, 0) is 0 Å². The third-order valence-electron chi connectivity index (χ3n) is 1.69. The molecule has 0 aliphatic carbocycles. The van der Waals surface area contributed by atoms with Crippen molar-refractivity contribution in [1.29, 1.82) is 0 Å². The van der Waals surface area contributed by atoms with E-state index < -0.39 is 0 Å². The van der Waals surface area contributed by atoms with Gasteiger partial charge in [0.1, 0.15) is 0 Å². The number of pyridine rings is 1. The number of nitrogens with zero attached hydrogens (tertiary/aromatic N) is 2. The third-order valence-corrected chi connectivity index (χ3v) is 2.44. The van der Waals surface area contributed by atoms with Gasteiger partial charge in [-0.2, -0.15) is 0 Å². The van der Waals surface area contributed by atoms with Gasteiger partial charge in [0.15, 0.2) is 17.3 Å². The molecular weight excluding hydrogens is 255 g/mol. The van der Waals surface area contributed by atoms with Gasteiger partial charge in [0.2, 0.25) is 0 Å². The molecule has 0 bridgehead atoms. The number of halogens is 2. The number of imidazole rings is 1. The van der Waals surface area contributed by atoms with E-state index in [1.807, 2.05) is 6.07 Å². The quantitative estimate of drug-likeness (QED) is 0.738. The van der Waals surface area contributed by atoms with Gasteiger partial charge in [-0.15, -0.1) is 0 Å². The third kappa shape index (κ3) is 1.36. The highest BCUT2D eigenvalue weighted by molar-refractivity contribution is 9.10. The Labute approximate surface area is 87.5 Å². The lowest BCUT2D eigenvalue weighted by Crippen LogP contribution is -1.91. The lowest BCUT2D eigenvalue weighted by atomic mass is 10.4. The van der Waals surface area contributed by atoms with Crippen LogP contribution in [0.25, 0.3) is 5.52 Å². The fourth-order valence-electron chi connectivity index (χ4n) is 1.13. The highest BCUT2D eigenvalue weighted by atomic mass is 79.9. The number of rotatable bonds is 1. The zero-order chi connectivity index (χ0) is 9.42. The van der Waals surface area contributed by atoms with Gasteiger partial charge in [0.05, 0.1) is 5.52 Å². The number of carbonyl (C=O) groups is 1. The Morgan fingerprint density at radius 1 is 1.54 bits per heavy atom. The Balaban J connectivity index is 2.89. The molecule has 0 spiro atoms. The summed E-state index contributed by atoms with van der Waals surface area (Å²) < 4.78 is 2.51. The molecule has 0 radical (unpaired) electrons. The molecule has 0 aliphatic heterocycles. The molecular formula is C8H4BrClN2O. The van der Waals surface area contributed by atoms with Gasteiger partial charge in [-0.05, 0) is 28.1 Å². The van der Waals surface area contributed by atoms with E-state index in [0.29, 0.717) is 17.3 Å². The molecule has 5 heteroatoms.